The van der Waals surface area contributed by atoms with E-state index in [-0.39, 0.29) is 17.9 Å². The molecule has 1 saturated heterocycles. The summed E-state index contributed by atoms with van der Waals surface area (Å²) in [6, 6.07) is 14.8. The molecule has 0 unspecified atom stereocenters. The molecular weight excluding hydrogens is 573 g/mol. The van der Waals surface area contributed by atoms with Gasteiger partial charge in [0.2, 0.25) is 0 Å². The lowest BCUT2D eigenvalue weighted by Crippen LogP contribution is -2.54. The van der Waals surface area contributed by atoms with Gasteiger partial charge in [-0.3, -0.25) is 19.7 Å². The van der Waals surface area contributed by atoms with Crippen LogP contribution in [0.2, 0.25) is 10.0 Å². The molecule has 0 spiro atoms. The van der Waals surface area contributed by atoms with E-state index in [2.05, 4.69) is 10.6 Å². The van der Waals surface area contributed by atoms with Gasteiger partial charge in [0.25, 0.3) is 17.7 Å². The van der Waals surface area contributed by atoms with Crippen molar-refractivity contribution >= 4 is 64.4 Å². The molecule has 0 radical (unpaired) electrons. The number of amides is 5. The summed E-state index contributed by atoms with van der Waals surface area (Å²) in [6.45, 7) is 2.16. The van der Waals surface area contributed by atoms with Crippen molar-refractivity contribution in [2.24, 2.45) is 0 Å². The molecule has 0 aromatic heterocycles. The van der Waals surface area contributed by atoms with Gasteiger partial charge < -0.3 is 19.5 Å². The van der Waals surface area contributed by atoms with E-state index in [1.54, 1.807) is 42.5 Å². The minimum absolute atomic E-state index is 0.203. The Balaban J connectivity index is 1.44. The highest BCUT2D eigenvalue weighted by Gasteiger charge is 2.37. The fraction of sp³-hybridized carbons (Fsp3) is 0.172. The number of benzene rings is 3. The number of imide groups is 2. The summed E-state index contributed by atoms with van der Waals surface area (Å²) in [5.74, 6) is -0.868. The molecule has 0 saturated carbocycles. The number of hydrogen-bond donors (Lipinski definition) is 2. The zero-order chi connectivity index (χ0) is 29.5. The van der Waals surface area contributed by atoms with Crippen molar-refractivity contribution in [2.45, 2.75) is 13.3 Å². The van der Waals surface area contributed by atoms with E-state index in [0.29, 0.717) is 45.2 Å². The maximum absolute atomic E-state index is 13.3. The first-order chi connectivity index (χ1) is 19.7. The molecule has 10 nitrogen and oxygen atoms in total. The number of methoxy groups -OCH3 is 1. The van der Waals surface area contributed by atoms with Crippen LogP contribution in [0, 0.1) is 0 Å². The molecule has 0 bridgehead atoms. The maximum atomic E-state index is 13.3. The SMILES string of the molecule is CCCOc1ccc(N2C(=O)NC(=O)/C(=C/c3ccc(OCC(=O)Nc4ccc(Cl)c(Cl)c4)cc3)C2=O)cc1OC. The third-order valence-corrected chi connectivity index (χ3v) is 6.47. The molecule has 3 aromatic carbocycles. The Hall–Kier alpha value is -4.54. The van der Waals surface area contributed by atoms with Gasteiger partial charge in [-0.1, -0.05) is 42.3 Å². The molecule has 212 valence electrons. The number of nitrogens with zero attached hydrogens (tertiary/aromatic N) is 1. The Kier molecular flexibility index (Phi) is 9.49. The first-order valence-corrected chi connectivity index (χ1v) is 13.2. The second kappa shape index (κ2) is 13.2. The summed E-state index contributed by atoms with van der Waals surface area (Å²) in [6.07, 6.45) is 2.14. The third kappa shape index (κ3) is 7.16. The summed E-state index contributed by atoms with van der Waals surface area (Å²) < 4.78 is 16.5. The normalized spacial score (nSPS) is 14.1. The van der Waals surface area contributed by atoms with E-state index in [4.69, 9.17) is 37.4 Å². The topological polar surface area (TPSA) is 123 Å². The van der Waals surface area contributed by atoms with Gasteiger partial charge in [-0.15, -0.1) is 0 Å². The van der Waals surface area contributed by atoms with Crippen LogP contribution in [0.15, 0.2) is 66.2 Å². The molecule has 1 fully saturated rings. The van der Waals surface area contributed by atoms with Gasteiger partial charge in [-0.25, -0.2) is 9.69 Å². The summed E-state index contributed by atoms with van der Waals surface area (Å²) in [5, 5.41) is 5.52. The molecule has 3 aromatic rings. The van der Waals surface area contributed by atoms with Crippen LogP contribution < -0.4 is 29.7 Å². The minimum Gasteiger partial charge on any atom is -0.493 e. The summed E-state index contributed by atoms with van der Waals surface area (Å²) in [4.78, 5) is 51.5. The second-order valence-electron chi connectivity index (χ2n) is 8.68. The van der Waals surface area contributed by atoms with Crippen molar-refractivity contribution in [3.05, 3.63) is 81.8 Å². The first-order valence-electron chi connectivity index (χ1n) is 12.4. The molecule has 0 aliphatic carbocycles. The van der Waals surface area contributed by atoms with Crippen LogP contribution in [0.5, 0.6) is 17.2 Å². The van der Waals surface area contributed by atoms with Crippen LogP contribution in [-0.4, -0.2) is 44.1 Å². The van der Waals surface area contributed by atoms with Gasteiger partial charge in [0.1, 0.15) is 11.3 Å². The molecule has 0 atom stereocenters. The summed E-state index contributed by atoms with van der Waals surface area (Å²) in [7, 11) is 1.44. The lowest BCUT2D eigenvalue weighted by molar-refractivity contribution is -0.122. The highest BCUT2D eigenvalue weighted by Crippen LogP contribution is 2.33. The fourth-order valence-electron chi connectivity index (χ4n) is 3.77. The monoisotopic (exact) mass is 597 g/mol. The quantitative estimate of drug-likeness (QED) is 0.234. The molecule has 5 amide bonds. The molecular formula is C29H25Cl2N3O7. The summed E-state index contributed by atoms with van der Waals surface area (Å²) in [5.41, 5.74) is 0.919. The van der Waals surface area contributed by atoms with Crippen LogP contribution in [-0.2, 0) is 14.4 Å². The van der Waals surface area contributed by atoms with Crippen molar-refractivity contribution < 1.29 is 33.4 Å². The average molecular weight is 598 g/mol. The van der Waals surface area contributed by atoms with Crippen LogP contribution >= 0.6 is 23.2 Å². The second-order valence-corrected chi connectivity index (χ2v) is 9.49. The Morgan fingerprint density at radius 2 is 1.71 bits per heavy atom. The van der Waals surface area contributed by atoms with Gasteiger partial charge in [-0.05, 0) is 60.5 Å². The Morgan fingerprint density at radius 1 is 0.951 bits per heavy atom. The van der Waals surface area contributed by atoms with Gasteiger partial charge in [0, 0.05) is 11.8 Å². The predicted molar refractivity (Wildman–Crippen MR) is 155 cm³/mol. The Bertz CT molecular complexity index is 1520. The van der Waals surface area contributed by atoms with E-state index >= 15 is 0 Å². The number of ether oxygens (including phenoxy) is 3. The molecule has 41 heavy (non-hydrogen) atoms. The number of barbiturate groups is 1. The Morgan fingerprint density at radius 3 is 2.39 bits per heavy atom. The standard InChI is InChI=1S/C29H25Cl2N3O7/c1-3-12-40-24-11-7-19(15-25(24)39-2)34-28(37)21(27(36)33-29(34)38)13-17-4-8-20(9-5-17)41-16-26(35)32-18-6-10-22(30)23(31)14-18/h4-11,13-15H,3,12,16H2,1-2H3,(H,32,35)(H,33,36,38)/b21-13-. The fourth-order valence-corrected chi connectivity index (χ4v) is 4.06. The minimum atomic E-state index is -0.885. The van der Waals surface area contributed by atoms with E-state index in [0.717, 1.165) is 11.3 Å². The highest BCUT2D eigenvalue weighted by atomic mass is 35.5. The number of rotatable bonds is 10. The largest absolute Gasteiger partial charge is 0.493 e. The van der Waals surface area contributed by atoms with Gasteiger partial charge >= 0.3 is 6.03 Å². The number of nitrogens with one attached hydrogen (secondary N) is 2. The van der Waals surface area contributed by atoms with Gasteiger partial charge in [0.15, 0.2) is 18.1 Å². The average Bonchev–Trinajstić information content (AvgIpc) is 2.95. The molecule has 12 heteroatoms. The molecule has 1 aliphatic heterocycles. The van der Waals surface area contributed by atoms with Crippen LogP contribution in [0.25, 0.3) is 6.08 Å². The molecule has 1 heterocycles. The number of hydrogen-bond acceptors (Lipinski definition) is 7. The first kappa shape index (κ1) is 29.4. The van der Waals surface area contributed by atoms with E-state index in [1.165, 1.54) is 31.4 Å². The molecule has 4 rings (SSSR count). The van der Waals surface area contributed by atoms with E-state index in [9.17, 15) is 19.2 Å². The van der Waals surface area contributed by atoms with Crippen molar-refractivity contribution in [2.75, 3.05) is 30.5 Å². The van der Waals surface area contributed by atoms with Crippen LogP contribution in [0.1, 0.15) is 18.9 Å². The van der Waals surface area contributed by atoms with E-state index < -0.39 is 23.8 Å². The lowest BCUT2D eigenvalue weighted by atomic mass is 10.1. The number of anilines is 2. The van der Waals surface area contributed by atoms with Crippen LogP contribution in [0.4, 0.5) is 16.2 Å². The number of urea groups is 1. The van der Waals surface area contributed by atoms with Crippen molar-refractivity contribution in [1.82, 2.24) is 5.32 Å². The maximum Gasteiger partial charge on any atom is 0.335 e. The number of carbonyl (C=O) groups excluding carboxylic acids is 4. The van der Waals surface area contributed by atoms with Crippen molar-refractivity contribution in [3.63, 3.8) is 0 Å². The third-order valence-electron chi connectivity index (χ3n) is 5.73. The van der Waals surface area contributed by atoms with Gasteiger partial charge in [-0.2, -0.15) is 0 Å². The zero-order valence-corrected chi connectivity index (χ0v) is 23.5. The van der Waals surface area contributed by atoms with E-state index in [1.807, 2.05) is 6.92 Å². The van der Waals surface area contributed by atoms with Crippen molar-refractivity contribution in [3.8, 4) is 17.2 Å². The summed E-state index contributed by atoms with van der Waals surface area (Å²) >= 11 is 11.8. The lowest BCUT2D eigenvalue weighted by Gasteiger charge is -2.27. The highest BCUT2D eigenvalue weighted by molar-refractivity contribution is 6.42. The predicted octanol–water partition coefficient (Wildman–Crippen LogP) is 5.47. The van der Waals surface area contributed by atoms with Crippen molar-refractivity contribution in [1.29, 1.82) is 0 Å². The number of carbonyl (C=O) groups is 4. The molecule has 2 N–H and O–H groups in total. The Labute approximate surface area is 245 Å². The molecule has 1 aliphatic rings. The number of halogens is 2. The van der Waals surface area contributed by atoms with Gasteiger partial charge in [0.05, 0.1) is 29.4 Å². The van der Waals surface area contributed by atoms with Crippen LogP contribution in [0.3, 0.4) is 0 Å². The zero-order valence-electron chi connectivity index (χ0n) is 22.0. The smallest absolute Gasteiger partial charge is 0.335 e.